The van der Waals surface area contributed by atoms with Crippen molar-refractivity contribution >= 4 is 21.4 Å². The quantitative estimate of drug-likeness (QED) is 0.303. The van der Waals surface area contributed by atoms with E-state index in [4.69, 9.17) is 18.1 Å². The first kappa shape index (κ1) is 24.5. The zero-order valence-corrected chi connectivity index (χ0v) is 21.1. The molecule has 1 heterocycles. The largest absolute Gasteiger partial charge is 0.566 e. The topological polar surface area (TPSA) is 63.6 Å². The van der Waals surface area contributed by atoms with Crippen molar-refractivity contribution < 1.29 is 18.1 Å². The first-order valence-electron chi connectivity index (χ1n) is 11.0. The van der Waals surface area contributed by atoms with Crippen molar-refractivity contribution in [1.29, 1.82) is 0 Å². The van der Waals surface area contributed by atoms with Crippen LogP contribution in [0.2, 0.25) is 0 Å². The summed E-state index contributed by atoms with van der Waals surface area (Å²) in [5, 5.41) is 0. The highest BCUT2D eigenvalue weighted by atomic mass is 31.2. The van der Waals surface area contributed by atoms with E-state index < -0.39 is 15.3 Å². The van der Waals surface area contributed by atoms with Crippen LogP contribution in [0.4, 0.5) is 0 Å². The molecule has 0 atom stereocenters. The van der Waals surface area contributed by atoms with Crippen molar-refractivity contribution in [1.82, 2.24) is 9.34 Å². The third kappa shape index (κ3) is 6.06. The number of para-hydroxylation sites is 2. The molecule has 3 aromatic rings. The summed E-state index contributed by atoms with van der Waals surface area (Å²) in [6.45, 7) is 1.76. The monoisotopic (exact) mass is 497 g/mol. The SMILES string of the molecule is CN1CCN(C)P1(=NP(=O)(Oc1ccccc1)Oc1ccccc1)OC/C=C/c1ccccc1. The van der Waals surface area contributed by atoms with E-state index in [1.807, 2.05) is 102 Å². The summed E-state index contributed by atoms with van der Waals surface area (Å²) in [5.41, 5.74) is 1.08. The van der Waals surface area contributed by atoms with E-state index in [0.717, 1.165) is 18.7 Å². The van der Waals surface area contributed by atoms with Gasteiger partial charge in [-0.05, 0) is 43.9 Å². The van der Waals surface area contributed by atoms with Crippen LogP contribution in [-0.4, -0.2) is 43.1 Å². The predicted molar refractivity (Wildman–Crippen MR) is 138 cm³/mol. The van der Waals surface area contributed by atoms with E-state index in [1.165, 1.54) is 0 Å². The summed E-state index contributed by atoms with van der Waals surface area (Å²) in [5.74, 6) is 0.828. The van der Waals surface area contributed by atoms with Gasteiger partial charge >= 0.3 is 7.75 Å². The van der Waals surface area contributed by atoms with Gasteiger partial charge in [0.05, 0.1) is 6.61 Å². The van der Waals surface area contributed by atoms with E-state index in [-0.39, 0.29) is 0 Å². The molecule has 0 unspecified atom stereocenters. The van der Waals surface area contributed by atoms with Crippen LogP contribution in [0.15, 0.2) is 102 Å². The Morgan fingerprint density at radius 3 is 1.79 bits per heavy atom. The Labute approximate surface area is 201 Å². The highest BCUT2D eigenvalue weighted by molar-refractivity contribution is 7.67. The van der Waals surface area contributed by atoms with Crippen LogP contribution in [0, 0.1) is 0 Å². The molecule has 0 amide bonds. The maximum Gasteiger partial charge on any atom is 0.566 e. The number of nitrogens with zero attached hydrogens (tertiary/aromatic N) is 3. The normalized spacial score (nSPS) is 16.5. The van der Waals surface area contributed by atoms with Gasteiger partial charge in [-0.2, -0.15) is 0 Å². The summed E-state index contributed by atoms with van der Waals surface area (Å²) >= 11 is 0. The fourth-order valence-electron chi connectivity index (χ4n) is 3.49. The third-order valence-corrected chi connectivity index (χ3v) is 10.6. The van der Waals surface area contributed by atoms with Crippen LogP contribution in [0.1, 0.15) is 5.56 Å². The smallest absolute Gasteiger partial charge is 0.399 e. The second-order valence-electron chi connectivity index (χ2n) is 7.75. The maximum absolute atomic E-state index is 14.1. The van der Waals surface area contributed by atoms with Crippen LogP contribution >= 0.6 is 15.3 Å². The van der Waals surface area contributed by atoms with E-state index in [2.05, 4.69) is 0 Å². The second kappa shape index (κ2) is 11.2. The zero-order valence-electron chi connectivity index (χ0n) is 19.3. The molecule has 7 nitrogen and oxygen atoms in total. The number of hydrogen-bond donors (Lipinski definition) is 0. The van der Waals surface area contributed by atoms with Crippen LogP contribution < -0.4 is 9.05 Å². The molecule has 1 aliphatic rings. The molecule has 1 aliphatic heterocycles. The minimum absolute atomic E-state index is 0.303. The second-order valence-corrected chi connectivity index (χ2v) is 12.4. The van der Waals surface area contributed by atoms with Gasteiger partial charge in [0.15, 0.2) is 0 Å². The van der Waals surface area contributed by atoms with Gasteiger partial charge in [0, 0.05) is 13.1 Å². The van der Waals surface area contributed by atoms with E-state index in [9.17, 15) is 4.57 Å². The van der Waals surface area contributed by atoms with Crippen LogP contribution in [0.25, 0.3) is 6.08 Å². The molecule has 0 aromatic heterocycles. The summed E-state index contributed by atoms with van der Waals surface area (Å²) < 4.78 is 41.1. The maximum atomic E-state index is 14.1. The number of likely N-dealkylation sites (N-methyl/N-ethyl adjacent to an activating group) is 2. The molecule has 0 saturated carbocycles. The molecule has 3 aromatic carbocycles. The zero-order chi connectivity index (χ0) is 23.9. The molecule has 1 saturated heterocycles. The molecule has 0 bridgehead atoms. The molecule has 9 heteroatoms. The lowest BCUT2D eigenvalue weighted by atomic mass is 10.2. The van der Waals surface area contributed by atoms with Crippen molar-refractivity contribution in [2.24, 2.45) is 4.52 Å². The summed E-state index contributed by atoms with van der Waals surface area (Å²) in [6.07, 6.45) is 3.93. The Morgan fingerprint density at radius 2 is 1.29 bits per heavy atom. The Bertz CT molecular complexity index is 1130. The van der Waals surface area contributed by atoms with Gasteiger partial charge in [-0.15, -0.1) is 4.52 Å². The Kier molecular flexibility index (Phi) is 8.04. The highest BCUT2D eigenvalue weighted by Crippen LogP contribution is 2.67. The number of hydrogen-bond acceptors (Lipinski definition) is 4. The summed E-state index contributed by atoms with van der Waals surface area (Å²) in [7, 11) is -2.98. The first-order valence-corrected chi connectivity index (χ1v) is 14.1. The molecule has 0 aliphatic carbocycles. The Morgan fingerprint density at radius 1 is 0.824 bits per heavy atom. The van der Waals surface area contributed by atoms with Crippen molar-refractivity contribution in [3.8, 4) is 11.5 Å². The van der Waals surface area contributed by atoms with Crippen molar-refractivity contribution in [3.05, 3.63) is 103 Å². The molecule has 178 valence electrons. The van der Waals surface area contributed by atoms with E-state index in [1.54, 1.807) is 24.3 Å². The van der Waals surface area contributed by atoms with Crippen LogP contribution in [-0.2, 0) is 9.09 Å². The number of benzene rings is 3. The lowest BCUT2D eigenvalue weighted by Crippen LogP contribution is -2.17. The lowest BCUT2D eigenvalue weighted by Gasteiger charge is -2.31. The minimum Gasteiger partial charge on any atom is -0.399 e. The van der Waals surface area contributed by atoms with Crippen molar-refractivity contribution in [2.45, 2.75) is 0 Å². The molecule has 0 spiro atoms. The molecule has 0 N–H and O–H groups in total. The molecule has 1 fully saturated rings. The van der Waals surface area contributed by atoms with Crippen LogP contribution in [0.3, 0.4) is 0 Å². The standard InChI is InChI=1S/C25H29N3O4P2/c1-27-20-21-28(2)33(27,30-22-12-15-23-13-6-3-7-14-23)26-34(29,31-24-16-8-4-9-17-24)32-25-18-10-5-11-19-25/h3-19H,20-22H2,1-2H3/b15-12+. The predicted octanol–water partition coefficient (Wildman–Crippen LogP) is 6.81. The van der Waals surface area contributed by atoms with Gasteiger partial charge < -0.3 is 13.6 Å². The van der Waals surface area contributed by atoms with Gasteiger partial charge in [0.25, 0.3) is 0 Å². The Hall–Kier alpha value is -2.66. The molecule has 0 radical (unpaired) electrons. The molecular formula is C25H29N3O4P2. The molecule has 4 rings (SSSR count). The van der Waals surface area contributed by atoms with Gasteiger partial charge in [-0.1, -0.05) is 78.9 Å². The average Bonchev–Trinajstić information content (AvgIpc) is 3.11. The first-order chi connectivity index (χ1) is 16.5. The van der Waals surface area contributed by atoms with E-state index in [0.29, 0.717) is 18.1 Å². The van der Waals surface area contributed by atoms with Gasteiger partial charge in [0.1, 0.15) is 11.5 Å². The fraction of sp³-hybridized carbons (Fsp3) is 0.200. The average molecular weight is 497 g/mol. The minimum atomic E-state index is -4.02. The van der Waals surface area contributed by atoms with E-state index >= 15 is 0 Å². The molecule has 34 heavy (non-hydrogen) atoms. The van der Waals surface area contributed by atoms with Crippen LogP contribution in [0.5, 0.6) is 11.5 Å². The van der Waals surface area contributed by atoms with Gasteiger partial charge in [0.2, 0.25) is 7.58 Å². The summed E-state index contributed by atoms with van der Waals surface area (Å²) in [6, 6.07) is 27.9. The summed E-state index contributed by atoms with van der Waals surface area (Å²) in [4.78, 5) is 0. The highest BCUT2D eigenvalue weighted by Gasteiger charge is 2.43. The van der Waals surface area contributed by atoms with Gasteiger partial charge in [-0.3, -0.25) is 0 Å². The number of rotatable bonds is 9. The molecular weight excluding hydrogens is 468 g/mol. The fourth-order valence-corrected chi connectivity index (χ4v) is 8.94. The Balaban J connectivity index is 1.67. The van der Waals surface area contributed by atoms with Gasteiger partial charge in [-0.25, -0.2) is 13.9 Å². The third-order valence-electron chi connectivity index (χ3n) is 5.24. The van der Waals surface area contributed by atoms with Crippen molar-refractivity contribution in [2.75, 3.05) is 33.8 Å². The van der Waals surface area contributed by atoms with Crippen molar-refractivity contribution in [3.63, 3.8) is 0 Å². The lowest BCUT2D eigenvalue weighted by molar-refractivity contribution is 0.337.